The molecule has 6 aromatic heterocycles. The number of para-hydroxylation sites is 8. The van der Waals surface area contributed by atoms with Crippen LogP contribution in [0.2, 0.25) is 0 Å². The van der Waals surface area contributed by atoms with Gasteiger partial charge in [-0.2, -0.15) is 0 Å². The minimum absolute atomic E-state index is 0.648. The lowest BCUT2D eigenvalue weighted by atomic mass is 9.94. The minimum Gasteiger partial charge on any atom is -0.309 e. The molecule has 0 amide bonds. The van der Waals surface area contributed by atoms with Crippen molar-refractivity contribution < 1.29 is 0 Å². The van der Waals surface area contributed by atoms with Gasteiger partial charge in [-0.1, -0.05) is 309 Å². The minimum atomic E-state index is 0.648. The molecule has 0 saturated carbocycles. The molecule has 0 aliphatic carbocycles. The van der Waals surface area contributed by atoms with Crippen molar-refractivity contribution in [2.45, 2.75) is 0 Å². The van der Waals surface area contributed by atoms with Crippen LogP contribution >= 0.6 is 0 Å². The van der Waals surface area contributed by atoms with Crippen LogP contribution in [0.1, 0.15) is 0 Å². The highest BCUT2D eigenvalue weighted by Crippen LogP contribution is 2.47. The second-order valence-corrected chi connectivity index (χ2v) is 30.3. The summed E-state index contributed by atoms with van der Waals surface area (Å²) in [6, 6.07) is 144. The first kappa shape index (κ1) is 65.1. The lowest BCUT2D eigenvalue weighted by molar-refractivity contribution is 1.01. The van der Waals surface area contributed by atoms with E-state index in [1.54, 1.807) is 0 Å². The SMILES string of the molecule is c1ccc(-n2c3ccccc3c3c4ccccc4c(-c4ccc5c6ccccc6n(-c6nc(-c7ccc8c(ccc9ccccc98)c7)c7ccccc7n6)c5c4)cc32)cc1.c1ccc(-n2c3ccccc3c3c4ccccc4c(-c4ccc5c6ccccc6n(-c6nc(-c7cccc8ccccc78)c7ccccc7n6)c5c4)cc32)cc1. The molecule has 25 rings (SSSR count). The molecule has 538 valence electrons. The summed E-state index contributed by atoms with van der Waals surface area (Å²) >= 11 is 0. The Hall–Kier alpha value is -15.6. The Morgan fingerprint density at radius 2 is 0.517 bits per heavy atom. The average molecular weight is 1480 g/mol. The van der Waals surface area contributed by atoms with Crippen molar-refractivity contribution in [2.24, 2.45) is 0 Å². The van der Waals surface area contributed by atoms with E-state index in [1.807, 2.05) is 0 Å². The van der Waals surface area contributed by atoms with E-state index in [4.69, 9.17) is 19.9 Å². The Balaban J connectivity index is 0.000000134. The van der Waals surface area contributed by atoms with Crippen LogP contribution in [0.15, 0.2) is 400 Å². The monoisotopic (exact) mass is 1470 g/mol. The number of hydrogen-bond acceptors (Lipinski definition) is 4. The van der Waals surface area contributed by atoms with Crippen LogP contribution in [0.25, 0.3) is 231 Å². The van der Waals surface area contributed by atoms with Crippen LogP contribution < -0.4 is 0 Å². The first-order valence-electron chi connectivity index (χ1n) is 39.6. The normalized spacial score (nSPS) is 12.0. The van der Waals surface area contributed by atoms with Crippen molar-refractivity contribution in [3.8, 4) is 68.0 Å². The Morgan fingerprint density at radius 3 is 1.04 bits per heavy atom. The van der Waals surface area contributed by atoms with E-state index in [0.717, 1.165) is 99.7 Å². The fourth-order valence-electron chi connectivity index (χ4n) is 18.9. The van der Waals surface area contributed by atoms with Gasteiger partial charge >= 0.3 is 0 Å². The number of benzene rings is 19. The molecular weight excluding hydrogens is 1410 g/mol. The van der Waals surface area contributed by atoms with Crippen LogP contribution in [-0.4, -0.2) is 38.2 Å². The van der Waals surface area contributed by atoms with Crippen LogP contribution in [-0.2, 0) is 0 Å². The third kappa shape index (κ3) is 10.1. The molecule has 0 radical (unpaired) electrons. The summed E-state index contributed by atoms with van der Waals surface area (Å²) in [6.45, 7) is 0. The van der Waals surface area contributed by atoms with Crippen LogP contribution in [0, 0.1) is 0 Å². The van der Waals surface area contributed by atoms with Crippen molar-refractivity contribution in [2.75, 3.05) is 0 Å². The first-order chi connectivity index (χ1) is 57.6. The zero-order valence-corrected chi connectivity index (χ0v) is 62.7. The quantitative estimate of drug-likeness (QED) is 0.142. The van der Waals surface area contributed by atoms with Crippen molar-refractivity contribution >= 4 is 163 Å². The molecule has 8 nitrogen and oxygen atoms in total. The van der Waals surface area contributed by atoms with Gasteiger partial charge in [-0.3, -0.25) is 9.13 Å². The zero-order chi connectivity index (χ0) is 76.1. The summed E-state index contributed by atoms with van der Waals surface area (Å²) in [7, 11) is 0. The summed E-state index contributed by atoms with van der Waals surface area (Å²) in [5.41, 5.74) is 21.8. The summed E-state index contributed by atoms with van der Waals surface area (Å²) in [6.07, 6.45) is 0. The van der Waals surface area contributed by atoms with Gasteiger partial charge in [0, 0.05) is 76.4 Å². The van der Waals surface area contributed by atoms with Gasteiger partial charge in [0.2, 0.25) is 11.9 Å². The largest absolute Gasteiger partial charge is 0.309 e. The second kappa shape index (κ2) is 26.0. The van der Waals surface area contributed by atoms with Crippen LogP contribution in [0.4, 0.5) is 0 Å². The molecule has 0 bridgehead atoms. The molecule has 6 heterocycles. The number of fused-ring (bicyclic) bond motifs is 22. The van der Waals surface area contributed by atoms with Crippen LogP contribution in [0.3, 0.4) is 0 Å². The molecule has 0 N–H and O–H groups in total. The summed E-state index contributed by atoms with van der Waals surface area (Å²) < 4.78 is 9.35. The maximum atomic E-state index is 5.49. The Bertz CT molecular complexity index is 8410. The van der Waals surface area contributed by atoms with E-state index >= 15 is 0 Å². The van der Waals surface area contributed by atoms with Gasteiger partial charge in [0.25, 0.3) is 0 Å². The Labute approximate surface area is 665 Å². The Morgan fingerprint density at radius 1 is 0.164 bits per heavy atom. The highest BCUT2D eigenvalue weighted by molar-refractivity contribution is 6.27. The number of nitrogens with zero attached hydrogens (tertiary/aromatic N) is 8. The molecule has 25 aromatic rings. The van der Waals surface area contributed by atoms with E-state index < -0.39 is 0 Å². The van der Waals surface area contributed by atoms with E-state index in [0.29, 0.717) is 11.9 Å². The molecule has 0 fully saturated rings. The first-order valence-corrected chi connectivity index (χ1v) is 39.6. The standard InChI is InChI=1S/C56H34N4.C52H32N4/c1-2-15-39(16-3-1)59-51-25-13-10-22-47(51)54-45-20-7-6-18-42(45)48(34-53(54)59)37-28-31-44-43-19-9-12-24-50(43)60(52(44)33-37)56-57-49-23-11-8-21-46(49)55(58-56)38-29-30-41-36(32-38)27-26-35-14-4-5-17-40(35)41;1-2-17-35(18-3-1)55-47-28-13-10-24-43(47)50-40-22-7-6-20-37(40)44(32-49(50)55)34-29-30-39-38-21-9-12-27-46(38)56(48(39)31-34)52-53-45-26-11-8-23-42(45)51(54-52)41-25-14-16-33-15-4-5-19-36(33)41/h1-34H;1-32H. The maximum Gasteiger partial charge on any atom is 0.235 e. The molecule has 0 spiro atoms. The van der Waals surface area contributed by atoms with E-state index in [2.05, 4.69) is 419 Å². The highest BCUT2D eigenvalue weighted by atomic mass is 15.2. The Kier molecular flexibility index (Phi) is 14.6. The third-order valence-electron chi connectivity index (χ3n) is 24.0. The summed E-state index contributed by atoms with van der Waals surface area (Å²) in [5.74, 6) is 1.30. The van der Waals surface area contributed by atoms with Crippen molar-refractivity contribution in [1.29, 1.82) is 0 Å². The highest BCUT2D eigenvalue weighted by Gasteiger charge is 2.25. The fourth-order valence-corrected chi connectivity index (χ4v) is 18.9. The smallest absolute Gasteiger partial charge is 0.235 e. The van der Waals surface area contributed by atoms with Gasteiger partial charge in [0.15, 0.2) is 0 Å². The molecule has 19 aromatic carbocycles. The number of rotatable bonds is 8. The molecule has 0 saturated heterocycles. The van der Waals surface area contributed by atoms with Gasteiger partial charge in [0.1, 0.15) is 0 Å². The summed E-state index contributed by atoms with van der Waals surface area (Å²) in [5, 5.41) is 23.9. The second-order valence-electron chi connectivity index (χ2n) is 30.3. The number of hydrogen-bond donors (Lipinski definition) is 0. The van der Waals surface area contributed by atoms with Crippen molar-refractivity contribution in [1.82, 2.24) is 38.2 Å². The molecule has 8 heteroatoms. The summed E-state index contributed by atoms with van der Waals surface area (Å²) in [4.78, 5) is 21.6. The third-order valence-corrected chi connectivity index (χ3v) is 24.0. The van der Waals surface area contributed by atoms with Gasteiger partial charge in [-0.15, -0.1) is 0 Å². The number of aromatic nitrogens is 8. The molecule has 0 unspecified atom stereocenters. The lowest BCUT2D eigenvalue weighted by Gasteiger charge is -2.14. The molecular formula is C108H66N8. The molecule has 116 heavy (non-hydrogen) atoms. The van der Waals surface area contributed by atoms with E-state index in [9.17, 15) is 0 Å². The molecule has 0 aliphatic heterocycles. The van der Waals surface area contributed by atoms with E-state index in [1.165, 1.54) is 119 Å². The zero-order valence-electron chi connectivity index (χ0n) is 62.7. The van der Waals surface area contributed by atoms with Gasteiger partial charge in [-0.05, 0) is 167 Å². The molecule has 0 atom stereocenters. The van der Waals surface area contributed by atoms with Gasteiger partial charge < -0.3 is 9.13 Å². The van der Waals surface area contributed by atoms with Crippen molar-refractivity contribution in [3.63, 3.8) is 0 Å². The van der Waals surface area contributed by atoms with Gasteiger partial charge in [0.05, 0.1) is 66.6 Å². The van der Waals surface area contributed by atoms with Crippen molar-refractivity contribution in [3.05, 3.63) is 400 Å². The average Bonchev–Trinajstić information content (AvgIpc) is 1.56. The van der Waals surface area contributed by atoms with E-state index in [-0.39, 0.29) is 0 Å². The predicted molar refractivity (Wildman–Crippen MR) is 486 cm³/mol. The van der Waals surface area contributed by atoms with Gasteiger partial charge in [-0.25, -0.2) is 19.9 Å². The fraction of sp³-hybridized carbons (Fsp3) is 0. The topological polar surface area (TPSA) is 71.3 Å². The molecule has 0 aliphatic rings. The predicted octanol–water partition coefficient (Wildman–Crippen LogP) is 28.1. The maximum absolute atomic E-state index is 5.49. The van der Waals surface area contributed by atoms with Crippen LogP contribution in [0.5, 0.6) is 0 Å². The lowest BCUT2D eigenvalue weighted by Crippen LogP contribution is -2.03.